The quantitative estimate of drug-likeness (QED) is 0.774. The SMILES string of the molecule is COc1cc2c(cc1OC)CN(C(=O)c1cccc(OCC(C)C)c1)CC2. The Bertz CT molecular complexity index is 816. The molecule has 1 amide bonds. The van der Waals surface area contributed by atoms with E-state index < -0.39 is 0 Å². The molecule has 1 aliphatic rings. The van der Waals surface area contributed by atoms with Gasteiger partial charge in [-0.05, 0) is 53.8 Å². The molecular weight excluding hydrogens is 342 g/mol. The minimum atomic E-state index is 0.0189. The van der Waals surface area contributed by atoms with Gasteiger partial charge in [-0.25, -0.2) is 0 Å². The Hall–Kier alpha value is -2.69. The van der Waals surface area contributed by atoms with Crippen LogP contribution in [0.2, 0.25) is 0 Å². The summed E-state index contributed by atoms with van der Waals surface area (Å²) in [5.74, 6) is 2.61. The van der Waals surface area contributed by atoms with Gasteiger partial charge in [0, 0.05) is 18.7 Å². The Morgan fingerprint density at radius 1 is 1.07 bits per heavy atom. The first-order valence-electron chi connectivity index (χ1n) is 9.27. The van der Waals surface area contributed by atoms with Gasteiger partial charge in [-0.15, -0.1) is 0 Å². The number of nitrogens with zero attached hydrogens (tertiary/aromatic N) is 1. The molecule has 0 atom stereocenters. The third-order valence-corrected chi connectivity index (χ3v) is 4.67. The number of methoxy groups -OCH3 is 2. The van der Waals surface area contributed by atoms with Crippen LogP contribution in [0, 0.1) is 5.92 Å². The lowest BCUT2D eigenvalue weighted by molar-refractivity contribution is 0.0734. The molecule has 0 aliphatic carbocycles. The summed E-state index contributed by atoms with van der Waals surface area (Å²) in [6, 6.07) is 11.4. The second kappa shape index (κ2) is 8.33. The summed E-state index contributed by atoms with van der Waals surface area (Å²) in [5, 5.41) is 0. The van der Waals surface area contributed by atoms with E-state index in [1.54, 1.807) is 14.2 Å². The summed E-state index contributed by atoms with van der Waals surface area (Å²) in [6.45, 7) is 6.08. The molecule has 144 valence electrons. The van der Waals surface area contributed by atoms with Crippen molar-refractivity contribution in [2.24, 2.45) is 5.92 Å². The van der Waals surface area contributed by atoms with Gasteiger partial charge in [0.05, 0.1) is 20.8 Å². The van der Waals surface area contributed by atoms with Gasteiger partial charge in [-0.1, -0.05) is 19.9 Å². The zero-order chi connectivity index (χ0) is 19.4. The number of fused-ring (bicyclic) bond motifs is 1. The maximum Gasteiger partial charge on any atom is 0.254 e. The van der Waals surface area contributed by atoms with Crippen LogP contribution in [-0.2, 0) is 13.0 Å². The van der Waals surface area contributed by atoms with Crippen molar-refractivity contribution in [3.05, 3.63) is 53.1 Å². The molecule has 0 saturated heterocycles. The highest BCUT2D eigenvalue weighted by atomic mass is 16.5. The van der Waals surface area contributed by atoms with Gasteiger partial charge >= 0.3 is 0 Å². The van der Waals surface area contributed by atoms with Crippen LogP contribution in [0.3, 0.4) is 0 Å². The van der Waals surface area contributed by atoms with Gasteiger partial charge < -0.3 is 19.1 Å². The predicted octanol–water partition coefficient (Wildman–Crippen LogP) is 3.94. The Morgan fingerprint density at radius 3 is 2.44 bits per heavy atom. The molecule has 0 N–H and O–H groups in total. The highest BCUT2D eigenvalue weighted by Crippen LogP contribution is 2.33. The maximum atomic E-state index is 13.0. The fourth-order valence-corrected chi connectivity index (χ4v) is 3.22. The molecule has 0 radical (unpaired) electrons. The van der Waals surface area contributed by atoms with Crippen molar-refractivity contribution < 1.29 is 19.0 Å². The number of amides is 1. The van der Waals surface area contributed by atoms with E-state index in [1.165, 1.54) is 5.56 Å². The molecule has 27 heavy (non-hydrogen) atoms. The largest absolute Gasteiger partial charge is 0.493 e. The molecule has 1 heterocycles. The lowest BCUT2D eigenvalue weighted by Crippen LogP contribution is -2.36. The van der Waals surface area contributed by atoms with Crippen LogP contribution in [0.5, 0.6) is 17.2 Å². The number of hydrogen-bond donors (Lipinski definition) is 0. The monoisotopic (exact) mass is 369 g/mol. The van der Waals surface area contributed by atoms with E-state index in [4.69, 9.17) is 14.2 Å². The fraction of sp³-hybridized carbons (Fsp3) is 0.409. The molecule has 0 unspecified atom stereocenters. The average molecular weight is 369 g/mol. The van der Waals surface area contributed by atoms with E-state index in [0.29, 0.717) is 36.9 Å². The molecule has 0 spiro atoms. The predicted molar refractivity (Wildman–Crippen MR) is 105 cm³/mol. The average Bonchev–Trinajstić information content (AvgIpc) is 2.70. The van der Waals surface area contributed by atoms with Gasteiger partial charge in [0.15, 0.2) is 11.5 Å². The molecule has 5 nitrogen and oxygen atoms in total. The first-order chi connectivity index (χ1) is 13.0. The van der Waals surface area contributed by atoms with Crippen LogP contribution >= 0.6 is 0 Å². The molecule has 5 heteroatoms. The molecule has 0 aromatic heterocycles. The first kappa shape index (κ1) is 19.1. The summed E-state index contributed by atoms with van der Waals surface area (Å²) < 4.78 is 16.5. The second-order valence-corrected chi connectivity index (χ2v) is 7.19. The van der Waals surface area contributed by atoms with Crippen molar-refractivity contribution in [2.75, 3.05) is 27.4 Å². The number of benzene rings is 2. The van der Waals surface area contributed by atoms with E-state index in [0.717, 1.165) is 23.5 Å². The fourth-order valence-electron chi connectivity index (χ4n) is 3.22. The van der Waals surface area contributed by atoms with E-state index >= 15 is 0 Å². The standard InChI is InChI=1S/C22H27NO4/c1-15(2)14-27-19-7-5-6-17(10-19)22(24)23-9-8-16-11-20(25-3)21(26-4)12-18(16)13-23/h5-7,10-12,15H,8-9,13-14H2,1-4H3. The lowest BCUT2D eigenvalue weighted by atomic mass is 9.98. The van der Waals surface area contributed by atoms with Gasteiger partial charge in [0.2, 0.25) is 0 Å². The number of carbonyl (C=O) groups excluding carboxylic acids is 1. The van der Waals surface area contributed by atoms with Crippen molar-refractivity contribution >= 4 is 5.91 Å². The number of hydrogen-bond acceptors (Lipinski definition) is 4. The van der Waals surface area contributed by atoms with Crippen LogP contribution in [0.4, 0.5) is 0 Å². The van der Waals surface area contributed by atoms with Crippen molar-refractivity contribution in [1.29, 1.82) is 0 Å². The van der Waals surface area contributed by atoms with Crippen LogP contribution in [0.25, 0.3) is 0 Å². The third-order valence-electron chi connectivity index (χ3n) is 4.67. The Balaban J connectivity index is 1.77. The van der Waals surface area contributed by atoms with E-state index in [9.17, 15) is 4.79 Å². The summed E-state index contributed by atoms with van der Waals surface area (Å²) >= 11 is 0. The van der Waals surface area contributed by atoms with E-state index in [2.05, 4.69) is 13.8 Å². The van der Waals surface area contributed by atoms with Gasteiger partial charge in [0.25, 0.3) is 5.91 Å². The Kier molecular flexibility index (Phi) is 5.89. The molecule has 2 aromatic rings. The molecule has 3 rings (SSSR count). The van der Waals surface area contributed by atoms with Crippen molar-refractivity contribution in [3.63, 3.8) is 0 Å². The third kappa shape index (κ3) is 4.35. The smallest absolute Gasteiger partial charge is 0.254 e. The zero-order valence-electron chi connectivity index (χ0n) is 16.5. The maximum absolute atomic E-state index is 13.0. The molecule has 1 aliphatic heterocycles. The number of carbonyl (C=O) groups is 1. The number of rotatable bonds is 6. The van der Waals surface area contributed by atoms with E-state index in [1.807, 2.05) is 41.3 Å². The van der Waals surface area contributed by atoms with Crippen LogP contribution in [0.15, 0.2) is 36.4 Å². The normalized spacial score (nSPS) is 13.3. The minimum Gasteiger partial charge on any atom is -0.493 e. The molecule has 0 bridgehead atoms. The van der Waals surface area contributed by atoms with Crippen LogP contribution in [0.1, 0.15) is 35.3 Å². The highest BCUT2D eigenvalue weighted by molar-refractivity contribution is 5.94. The summed E-state index contributed by atoms with van der Waals surface area (Å²) in [5.41, 5.74) is 2.95. The summed E-state index contributed by atoms with van der Waals surface area (Å²) in [7, 11) is 3.26. The van der Waals surface area contributed by atoms with Gasteiger partial charge in [-0.3, -0.25) is 4.79 Å². The Morgan fingerprint density at radius 2 is 1.78 bits per heavy atom. The van der Waals surface area contributed by atoms with Gasteiger partial charge in [-0.2, -0.15) is 0 Å². The molecule has 2 aromatic carbocycles. The Labute approximate surface area is 160 Å². The van der Waals surface area contributed by atoms with Crippen molar-refractivity contribution in [1.82, 2.24) is 4.90 Å². The molecular formula is C22H27NO4. The first-order valence-corrected chi connectivity index (χ1v) is 9.27. The highest BCUT2D eigenvalue weighted by Gasteiger charge is 2.24. The summed E-state index contributed by atoms with van der Waals surface area (Å²) in [6.07, 6.45) is 0.797. The van der Waals surface area contributed by atoms with E-state index in [-0.39, 0.29) is 5.91 Å². The van der Waals surface area contributed by atoms with Crippen LogP contribution < -0.4 is 14.2 Å². The number of ether oxygens (including phenoxy) is 3. The van der Waals surface area contributed by atoms with Crippen LogP contribution in [-0.4, -0.2) is 38.2 Å². The minimum absolute atomic E-state index is 0.0189. The van der Waals surface area contributed by atoms with Crippen molar-refractivity contribution in [3.8, 4) is 17.2 Å². The van der Waals surface area contributed by atoms with Crippen molar-refractivity contribution in [2.45, 2.75) is 26.8 Å². The van der Waals surface area contributed by atoms with Gasteiger partial charge in [0.1, 0.15) is 5.75 Å². The lowest BCUT2D eigenvalue weighted by Gasteiger charge is -2.29. The second-order valence-electron chi connectivity index (χ2n) is 7.19. The molecule has 0 saturated carbocycles. The zero-order valence-corrected chi connectivity index (χ0v) is 16.5. The summed E-state index contributed by atoms with van der Waals surface area (Å²) in [4.78, 5) is 14.9. The molecule has 0 fully saturated rings. The topological polar surface area (TPSA) is 48.0 Å².